The first kappa shape index (κ1) is 28.7. The average Bonchev–Trinajstić information content (AvgIpc) is 3.48. The van der Waals surface area contributed by atoms with Gasteiger partial charge in [-0.3, -0.25) is 29.4 Å². The third kappa shape index (κ3) is 6.44. The SMILES string of the molecule is CC(=O)N1CCN(Cc2cn(-c3ccc4c(c3)CN(C3CCC(=O)NC3=O)C4=O)nn2)CC1.O=C(O)C(F)(F)F. The predicted octanol–water partition coefficient (Wildman–Crippen LogP) is 0.326. The van der Waals surface area contributed by atoms with Gasteiger partial charge in [-0.05, 0) is 30.2 Å². The van der Waals surface area contributed by atoms with E-state index >= 15 is 0 Å². The maximum absolute atomic E-state index is 12.9. The highest BCUT2D eigenvalue weighted by atomic mass is 19.4. The topological polar surface area (TPSA) is 158 Å². The van der Waals surface area contributed by atoms with Crippen LogP contribution >= 0.6 is 0 Å². The summed E-state index contributed by atoms with van der Waals surface area (Å²) in [4.78, 5) is 62.5. The number of fused-ring (bicyclic) bond motifs is 1. The Bertz CT molecular complexity index is 1340. The molecular weight excluding hydrogens is 539 g/mol. The lowest BCUT2D eigenvalue weighted by Crippen LogP contribution is -2.52. The van der Waals surface area contributed by atoms with Gasteiger partial charge in [0.1, 0.15) is 6.04 Å². The molecule has 1 aromatic heterocycles. The molecule has 40 heavy (non-hydrogen) atoms. The van der Waals surface area contributed by atoms with Gasteiger partial charge < -0.3 is 14.9 Å². The zero-order valence-electron chi connectivity index (χ0n) is 21.3. The lowest BCUT2D eigenvalue weighted by Gasteiger charge is -2.33. The van der Waals surface area contributed by atoms with Crippen LogP contribution in [-0.4, -0.2) is 103 Å². The van der Waals surface area contributed by atoms with Gasteiger partial charge >= 0.3 is 12.1 Å². The van der Waals surface area contributed by atoms with Crippen LogP contribution in [0.5, 0.6) is 0 Å². The summed E-state index contributed by atoms with van der Waals surface area (Å²) in [5, 5.41) is 18.0. The number of hydrogen-bond acceptors (Lipinski definition) is 8. The number of hydrogen-bond donors (Lipinski definition) is 2. The molecule has 2 aromatic rings. The molecule has 0 bridgehead atoms. The molecule has 1 unspecified atom stereocenters. The molecule has 0 aliphatic carbocycles. The van der Waals surface area contributed by atoms with Gasteiger partial charge in [0.25, 0.3) is 5.91 Å². The molecule has 3 aliphatic rings. The Morgan fingerprint density at radius 3 is 2.40 bits per heavy atom. The van der Waals surface area contributed by atoms with Crippen molar-refractivity contribution in [3.8, 4) is 5.69 Å². The fourth-order valence-electron chi connectivity index (χ4n) is 4.65. The molecular formula is C24H26F3N7O6. The molecule has 214 valence electrons. The number of carbonyl (C=O) groups excluding carboxylic acids is 4. The van der Waals surface area contributed by atoms with Crippen molar-refractivity contribution in [2.45, 2.75) is 45.1 Å². The first-order chi connectivity index (χ1) is 18.8. The van der Waals surface area contributed by atoms with Crippen LogP contribution in [0.3, 0.4) is 0 Å². The van der Waals surface area contributed by atoms with E-state index in [4.69, 9.17) is 9.90 Å². The molecule has 3 aliphatic heterocycles. The van der Waals surface area contributed by atoms with Crippen molar-refractivity contribution >= 4 is 29.6 Å². The molecule has 5 rings (SSSR count). The number of piperidine rings is 1. The number of carboxylic acid groups (broad SMARTS) is 1. The molecule has 4 heterocycles. The Hall–Kier alpha value is -4.34. The fourth-order valence-corrected chi connectivity index (χ4v) is 4.65. The smallest absolute Gasteiger partial charge is 0.475 e. The molecule has 0 spiro atoms. The number of aromatic nitrogens is 3. The maximum Gasteiger partial charge on any atom is 0.490 e. The van der Waals surface area contributed by atoms with Crippen molar-refractivity contribution in [2.24, 2.45) is 0 Å². The van der Waals surface area contributed by atoms with Gasteiger partial charge in [-0.25, -0.2) is 9.48 Å². The summed E-state index contributed by atoms with van der Waals surface area (Å²) >= 11 is 0. The van der Waals surface area contributed by atoms with Crippen LogP contribution in [0, 0.1) is 0 Å². The second-order valence-corrected chi connectivity index (χ2v) is 9.48. The minimum absolute atomic E-state index is 0.104. The lowest BCUT2D eigenvalue weighted by atomic mass is 10.0. The maximum atomic E-state index is 12.9. The van der Waals surface area contributed by atoms with Crippen LogP contribution in [0.2, 0.25) is 0 Å². The van der Waals surface area contributed by atoms with Crippen LogP contribution in [0.4, 0.5) is 13.2 Å². The molecule has 16 heteroatoms. The summed E-state index contributed by atoms with van der Waals surface area (Å²) in [6.07, 6.45) is -2.65. The fraction of sp³-hybridized carbons (Fsp3) is 0.458. The summed E-state index contributed by atoms with van der Waals surface area (Å²) in [6, 6.07) is 4.83. The number of carbonyl (C=O) groups is 5. The highest BCUT2D eigenvalue weighted by molar-refractivity contribution is 6.05. The number of carboxylic acids is 1. The number of aliphatic carboxylic acids is 1. The Kier molecular flexibility index (Phi) is 8.18. The number of alkyl halides is 3. The number of amides is 4. The van der Waals surface area contributed by atoms with Crippen LogP contribution in [-0.2, 0) is 32.3 Å². The van der Waals surface area contributed by atoms with Gasteiger partial charge in [0.2, 0.25) is 17.7 Å². The van der Waals surface area contributed by atoms with E-state index in [1.807, 2.05) is 23.2 Å². The number of benzene rings is 1. The monoisotopic (exact) mass is 565 g/mol. The largest absolute Gasteiger partial charge is 0.490 e. The molecule has 1 atom stereocenters. The average molecular weight is 566 g/mol. The third-order valence-corrected chi connectivity index (χ3v) is 6.76. The van der Waals surface area contributed by atoms with Crippen LogP contribution in [0.15, 0.2) is 24.4 Å². The van der Waals surface area contributed by atoms with Crippen LogP contribution in [0.1, 0.15) is 41.4 Å². The lowest BCUT2D eigenvalue weighted by molar-refractivity contribution is -0.192. The van der Waals surface area contributed by atoms with Crippen molar-refractivity contribution in [3.63, 3.8) is 0 Å². The van der Waals surface area contributed by atoms with Crippen molar-refractivity contribution in [2.75, 3.05) is 26.2 Å². The van der Waals surface area contributed by atoms with Gasteiger partial charge in [0, 0.05) is 58.2 Å². The summed E-state index contributed by atoms with van der Waals surface area (Å²) < 4.78 is 33.4. The zero-order chi connectivity index (χ0) is 29.2. The van der Waals surface area contributed by atoms with E-state index in [0.29, 0.717) is 38.2 Å². The number of nitrogens with zero attached hydrogens (tertiary/aromatic N) is 6. The highest BCUT2D eigenvalue weighted by Gasteiger charge is 2.39. The Labute approximate surface area is 225 Å². The molecule has 1 aromatic carbocycles. The molecule has 13 nitrogen and oxygen atoms in total. The minimum atomic E-state index is -5.08. The first-order valence-electron chi connectivity index (χ1n) is 12.3. The zero-order valence-corrected chi connectivity index (χ0v) is 21.3. The minimum Gasteiger partial charge on any atom is -0.475 e. The second kappa shape index (κ2) is 11.4. The van der Waals surface area contributed by atoms with E-state index in [0.717, 1.165) is 30.0 Å². The van der Waals surface area contributed by atoms with Crippen LogP contribution in [0.25, 0.3) is 5.69 Å². The molecule has 2 N–H and O–H groups in total. The number of piperazine rings is 1. The van der Waals surface area contributed by atoms with Gasteiger partial charge in [-0.15, -0.1) is 5.10 Å². The highest BCUT2D eigenvalue weighted by Crippen LogP contribution is 2.29. The normalized spacial score (nSPS) is 19.6. The Balaban J connectivity index is 0.000000470. The van der Waals surface area contributed by atoms with Crippen molar-refractivity contribution < 1.29 is 42.3 Å². The molecule has 0 saturated carbocycles. The van der Waals surface area contributed by atoms with E-state index in [1.54, 1.807) is 17.7 Å². The summed E-state index contributed by atoms with van der Waals surface area (Å²) in [5.74, 6) is -3.57. The number of rotatable bonds is 4. The number of nitrogens with one attached hydrogen (secondary N) is 1. The van der Waals surface area contributed by atoms with E-state index in [-0.39, 0.29) is 24.1 Å². The van der Waals surface area contributed by atoms with Gasteiger partial charge in [0.15, 0.2) is 0 Å². The summed E-state index contributed by atoms with van der Waals surface area (Å²) in [5.41, 5.74) is 2.99. The van der Waals surface area contributed by atoms with Crippen molar-refractivity contribution in [1.82, 2.24) is 35.0 Å². The van der Waals surface area contributed by atoms with E-state index < -0.39 is 24.1 Å². The standard InChI is InChI=1S/C22H25N7O4.C2HF3O2/c1-14(30)27-8-6-26(7-9-27)12-16-13-29(25-24-16)17-2-3-18-15(10-17)11-28(22(18)33)19-4-5-20(31)23-21(19)32;3-2(4,5)1(6)7/h2-3,10,13,19H,4-9,11-12H2,1H3,(H,23,31,32);(H,6,7). The molecule has 4 amide bonds. The van der Waals surface area contributed by atoms with Gasteiger partial charge in [0.05, 0.1) is 17.6 Å². The van der Waals surface area contributed by atoms with Gasteiger partial charge in [-0.2, -0.15) is 13.2 Å². The molecule has 0 radical (unpaired) electrons. The van der Waals surface area contributed by atoms with Crippen molar-refractivity contribution in [1.29, 1.82) is 0 Å². The molecule has 2 fully saturated rings. The number of halogens is 3. The molecule has 2 saturated heterocycles. The summed E-state index contributed by atoms with van der Waals surface area (Å²) in [7, 11) is 0. The summed E-state index contributed by atoms with van der Waals surface area (Å²) in [6.45, 7) is 5.58. The third-order valence-electron chi connectivity index (χ3n) is 6.76. The Morgan fingerprint density at radius 1 is 1.12 bits per heavy atom. The number of imide groups is 1. The Morgan fingerprint density at radius 2 is 1.80 bits per heavy atom. The van der Waals surface area contributed by atoms with E-state index in [1.165, 1.54) is 4.90 Å². The van der Waals surface area contributed by atoms with Crippen molar-refractivity contribution in [3.05, 3.63) is 41.2 Å². The predicted molar refractivity (Wildman–Crippen MR) is 129 cm³/mol. The second-order valence-electron chi connectivity index (χ2n) is 9.48. The first-order valence-corrected chi connectivity index (χ1v) is 12.3. The quantitative estimate of drug-likeness (QED) is 0.498. The van der Waals surface area contributed by atoms with E-state index in [2.05, 4.69) is 20.5 Å². The van der Waals surface area contributed by atoms with Gasteiger partial charge in [-0.1, -0.05) is 5.21 Å². The van der Waals surface area contributed by atoms with Crippen LogP contribution < -0.4 is 5.32 Å². The van der Waals surface area contributed by atoms with E-state index in [9.17, 15) is 32.3 Å².